The second-order valence-electron chi connectivity index (χ2n) is 5.73. The molecule has 23 heavy (non-hydrogen) atoms. The molecule has 1 saturated heterocycles. The Morgan fingerprint density at radius 3 is 2.91 bits per heavy atom. The van der Waals surface area contributed by atoms with E-state index in [0.717, 1.165) is 24.4 Å². The molecule has 0 unspecified atom stereocenters. The Bertz CT molecular complexity index is 671. The highest BCUT2D eigenvalue weighted by Gasteiger charge is 2.26. The molecule has 0 radical (unpaired) electrons. The molecule has 1 fully saturated rings. The number of rotatable bonds is 4. The van der Waals surface area contributed by atoms with E-state index in [1.165, 1.54) is 29.1 Å². The topological polar surface area (TPSA) is 42.4 Å². The van der Waals surface area contributed by atoms with E-state index in [2.05, 4.69) is 4.98 Å². The lowest BCUT2D eigenvalue weighted by Crippen LogP contribution is -2.41. The highest BCUT2D eigenvalue weighted by Crippen LogP contribution is 2.29. The van der Waals surface area contributed by atoms with E-state index in [1.54, 1.807) is 11.3 Å². The number of hydrogen-bond donors (Lipinski definition) is 0. The highest BCUT2D eigenvalue weighted by molar-refractivity contribution is 7.11. The number of benzene rings is 1. The van der Waals surface area contributed by atoms with Crippen LogP contribution in [0.4, 0.5) is 4.39 Å². The number of hydrogen-bond acceptors (Lipinski definition) is 4. The molecule has 1 aromatic heterocycles. The summed E-state index contributed by atoms with van der Waals surface area (Å²) in [5, 5.41) is 1.11. The van der Waals surface area contributed by atoms with E-state index in [1.807, 2.05) is 18.0 Å². The number of aromatic nitrogens is 1. The number of likely N-dealkylation sites (tertiary alicyclic amines) is 1. The molecule has 2 aromatic rings. The van der Waals surface area contributed by atoms with Gasteiger partial charge in [-0.2, -0.15) is 0 Å². The van der Waals surface area contributed by atoms with Gasteiger partial charge < -0.3 is 9.64 Å². The van der Waals surface area contributed by atoms with Crippen molar-refractivity contribution >= 4 is 17.2 Å². The summed E-state index contributed by atoms with van der Waals surface area (Å²) >= 11 is 1.70. The van der Waals surface area contributed by atoms with Crippen LogP contribution < -0.4 is 4.74 Å². The van der Waals surface area contributed by atoms with Crippen molar-refractivity contribution in [3.05, 3.63) is 46.2 Å². The standard InChI is InChI=1S/C17H19FN2O2S/c1-12-9-19-17(23-12)13-3-2-8-20(10-13)16(21)11-22-15-6-4-14(18)5-7-15/h4-7,9,13H,2-3,8,10-11H2,1H3/t13-/m0/s1. The van der Waals surface area contributed by atoms with Crippen molar-refractivity contribution in [1.29, 1.82) is 0 Å². The zero-order chi connectivity index (χ0) is 16.2. The van der Waals surface area contributed by atoms with Gasteiger partial charge in [-0.05, 0) is 44.0 Å². The minimum Gasteiger partial charge on any atom is -0.484 e. The number of aryl methyl sites for hydroxylation is 1. The van der Waals surface area contributed by atoms with Crippen LogP contribution in [0.25, 0.3) is 0 Å². The van der Waals surface area contributed by atoms with Gasteiger partial charge in [0.1, 0.15) is 11.6 Å². The lowest BCUT2D eigenvalue weighted by atomic mass is 9.99. The van der Waals surface area contributed by atoms with Gasteiger partial charge in [-0.25, -0.2) is 9.37 Å². The number of halogens is 1. The average Bonchev–Trinajstić information content (AvgIpc) is 3.01. The van der Waals surface area contributed by atoms with Crippen molar-refractivity contribution < 1.29 is 13.9 Å². The number of ether oxygens (including phenoxy) is 1. The molecule has 0 N–H and O–H groups in total. The van der Waals surface area contributed by atoms with Gasteiger partial charge in [0.25, 0.3) is 5.91 Å². The summed E-state index contributed by atoms with van der Waals surface area (Å²) in [4.78, 5) is 19.8. The van der Waals surface area contributed by atoms with E-state index < -0.39 is 0 Å². The monoisotopic (exact) mass is 334 g/mol. The minimum atomic E-state index is -0.318. The SMILES string of the molecule is Cc1cnc([C@H]2CCCN(C(=O)COc3ccc(F)cc3)C2)s1. The van der Waals surface area contributed by atoms with Crippen molar-refractivity contribution in [2.45, 2.75) is 25.7 Å². The molecule has 0 bridgehead atoms. The van der Waals surface area contributed by atoms with E-state index in [4.69, 9.17) is 4.74 Å². The van der Waals surface area contributed by atoms with Crippen LogP contribution >= 0.6 is 11.3 Å². The van der Waals surface area contributed by atoms with Gasteiger partial charge in [0.15, 0.2) is 6.61 Å². The molecule has 3 rings (SSSR count). The Kier molecular flexibility index (Phi) is 4.91. The van der Waals surface area contributed by atoms with Gasteiger partial charge >= 0.3 is 0 Å². The maximum Gasteiger partial charge on any atom is 0.260 e. The third-order valence-corrected chi connectivity index (χ3v) is 5.01. The van der Waals surface area contributed by atoms with E-state index in [0.29, 0.717) is 18.2 Å². The van der Waals surface area contributed by atoms with Gasteiger partial charge in [0, 0.05) is 30.1 Å². The summed E-state index contributed by atoms with van der Waals surface area (Å²) in [6.45, 7) is 3.48. The molecule has 6 heteroatoms. The third kappa shape index (κ3) is 4.07. The first-order valence-corrected chi connectivity index (χ1v) is 8.52. The zero-order valence-electron chi connectivity index (χ0n) is 13.0. The molecule has 2 heterocycles. The maximum absolute atomic E-state index is 12.8. The van der Waals surface area contributed by atoms with Crippen LogP contribution in [0, 0.1) is 12.7 Å². The first-order chi connectivity index (χ1) is 11.1. The molecular formula is C17H19FN2O2S. The van der Waals surface area contributed by atoms with Crippen LogP contribution in [0.3, 0.4) is 0 Å². The number of carbonyl (C=O) groups excluding carboxylic acids is 1. The minimum absolute atomic E-state index is 0.0186. The predicted octanol–water partition coefficient (Wildman–Crippen LogP) is 3.38. The molecule has 1 aromatic carbocycles. The third-order valence-electron chi connectivity index (χ3n) is 3.94. The summed E-state index contributed by atoms with van der Waals surface area (Å²) in [5.74, 6) is 0.467. The van der Waals surface area contributed by atoms with Crippen LogP contribution in [0.2, 0.25) is 0 Å². The molecule has 122 valence electrons. The fourth-order valence-electron chi connectivity index (χ4n) is 2.73. The fourth-order valence-corrected chi connectivity index (χ4v) is 3.63. The number of amides is 1. The van der Waals surface area contributed by atoms with E-state index in [9.17, 15) is 9.18 Å². The lowest BCUT2D eigenvalue weighted by molar-refractivity contribution is -0.134. The lowest BCUT2D eigenvalue weighted by Gasteiger charge is -2.31. The maximum atomic E-state index is 12.8. The summed E-state index contributed by atoms with van der Waals surface area (Å²) in [6.07, 6.45) is 3.93. The first-order valence-electron chi connectivity index (χ1n) is 7.70. The molecule has 1 aliphatic rings. The number of nitrogens with zero attached hydrogens (tertiary/aromatic N) is 2. The van der Waals surface area contributed by atoms with Gasteiger partial charge in [-0.1, -0.05) is 0 Å². The van der Waals surface area contributed by atoms with Gasteiger partial charge in [-0.3, -0.25) is 4.79 Å². The predicted molar refractivity (Wildman–Crippen MR) is 87.3 cm³/mol. The summed E-state index contributed by atoms with van der Waals surface area (Å²) in [7, 11) is 0. The molecular weight excluding hydrogens is 315 g/mol. The van der Waals surface area contributed by atoms with Gasteiger partial charge in [0.2, 0.25) is 0 Å². The molecule has 1 amide bonds. The number of carbonyl (C=O) groups is 1. The molecule has 0 aliphatic carbocycles. The van der Waals surface area contributed by atoms with Crippen LogP contribution in [0.15, 0.2) is 30.5 Å². The van der Waals surface area contributed by atoms with Crippen molar-refractivity contribution in [3.8, 4) is 5.75 Å². The molecule has 1 atom stereocenters. The smallest absolute Gasteiger partial charge is 0.260 e. The first kappa shape index (κ1) is 15.9. The largest absolute Gasteiger partial charge is 0.484 e. The van der Waals surface area contributed by atoms with Crippen molar-refractivity contribution in [3.63, 3.8) is 0 Å². The van der Waals surface area contributed by atoms with Gasteiger partial charge in [0.05, 0.1) is 5.01 Å². The summed E-state index contributed by atoms with van der Waals surface area (Å²) in [5.41, 5.74) is 0. The second-order valence-corrected chi connectivity index (χ2v) is 7.00. The van der Waals surface area contributed by atoms with Crippen molar-refractivity contribution in [2.24, 2.45) is 0 Å². The Balaban J connectivity index is 1.55. The van der Waals surface area contributed by atoms with Crippen LogP contribution in [-0.2, 0) is 4.79 Å². The second kappa shape index (κ2) is 7.08. The summed E-state index contributed by atoms with van der Waals surface area (Å²) in [6, 6.07) is 5.70. The van der Waals surface area contributed by atoms with Crippen molar-refractivity contribution in [1.82, 2.24) is 9.88 Å². The molecule has 0 saturated carbocycles. The molecule has 4 nitrogen and oxygen atoms in total. The van der Waals surface area contributed by atoms with Crippen LogP contribution in [0.1, 0.15) is 28.6 Å². The van der Waals surface area contributed by atoms with Crippen molar-refractivity contribution in [2.75, 3.05) is 19.7 Å². The number of piperidine rings is 1. The average molecular weight is 334 g/mol. The van der Waals surface area contributed by atoms with Crippen LogP contribution in [0.5, 0.6) is 5.75 Å². The normalized spacial score (nSPS) is 18.0. The summed E-state index contributed by atoms with van der Waals surface area (Å²) < 4.78 is 18.3. The van der Waals surface area contributed by atoms with E-state index >= 15 is 0 Å². The van der Waals surface area contributed by atoms with E-state index in [-0.39, 0.29) is 18.3 Å². The Labute approximate surface area is 138 Å². The highest BCUT2D eigenvalue weighted by atomic mass is 32.1. The van der Waals surface area contributed by atoms with Crippen LogP contribution in [-0.4, -0.2) is 35.5 Å². The fraction of sp³-hybridized carbons (Fsp3) is 0.412. The van der Waals surface area contributed by atoms with Gasteiger partial charge in [-0.15, -0.1) is 11.3 Å². The quantitative estimate of drug-likeness (QED) is 0.861. The molecule has 1 aliphatic heterocycles. The Hall–Kier alpha value is -1.95. The molecule has 0 spiro atoms. The Morgan fingerprint density at radius 1 is 1.43 bits per heavy atom. The zero-order valence-corrected chi connectivity index (χ0v) is 13.8. The number of thiazole rings is 1. The Morgan fingerprint density at radius 2 is 2.22 bits per heavy atom.